The van der Waals surface area contributed by atoms with Gasteiger partial charge in [0, 0.05) is 6.54 Å². The van der Waals surface area contributed by atoms with E-state index in [9.17, 15) is 14.7 Å². The fourth-order valence-corrected chi connectivity index (χ4v) is 3.91. The lowest BCUT2D eigenvalue weighted by molar-refractivity contribution is -0.129. The molecule has 0 saturated heterocycles. The van der Waals surface area contributed by atoms with Gasteiger partial charge in [0.05, 0.1) is 25.0 Å². The Morgan fingerprint density at radius 1 is 1.22 bits per heavy atom. The Kier molecular flexibility index (Phi) is 7.89. The molecule has 2 heterocycles. The summed E-state index contributed by atoms with van der Waals surface area (Å²) in [7, 11) is 1.58. The van der Waals surface area contributed by atoms with Crippen LogP contribution in [0.25, 0.3) is 6.08 Å². The van der Waals surface area contributed by atoms with Crippen molar-refractivity contribution in [1.82, 2.24) is 9.80 Å². The van der Waals surface area contributed by atoms with Gasteiger partial charge < -0.3 is 24.1 Å². The third-order valence-electron chi connectivity index (χ3n) is 5.71. The molecule has 1 aliphatic heterocycles. The number of carbonyl (C=O) groups excluding carboxylic acids is 2. The highest BCUT2D eigenvalue weighted by Crippen LogP contribution is 2.38. The zero-order valence-electron chi connectivity index (χ0n) is 18.8. The number of benzene rings is 1. The number of nitrogens with zero attached hydrogens (tertiary/aromatic N) is 2. The van der Waals surface area contributed by atoms with E-state index in [1.807, 2.05) is 12.1 Å². The van der Waals surface area contributed by atoms with Gasteiger partial charge in [0.25, 0.3) is 5.91 Å². The van der Waals surface area contributed by atoms with E-state index >= 15 is 0 Å². The van der Waals surface area contributed by atoms with E-state index < -0.39 is 23.5 Å². The standard InChI is InChI=1S/C25H30N2O5/c1-4-26(5-2)15-7-16-27-23(18-9-11-19(31-3)12-10-18)22(24(29)25(27)30)21(28)14-13-20-8-6-17-32-20/h6,8-14,17,23,29H,4-5,7,15-16H2,1-3H3/b14-13+. The summed E-state index contributed by atoms with van der Waals surface area (Å²) in [6.07, 6.45) is 5.10. The Balaban J connectivity index is 1.89. The average molecular weight is 439 g/mol. The van der Waals surface area contributed by atoms with Gasteiger partial charge in [0.2, 0.25) is 0 Å². The van der Waals surface area contributed by atoms with Gasteiger partial charge in [-0.1, -0.05) is 26.0 Å². The van der Waals surface area contributed by atoms with Crippen molar-refractivity contribution in [3.05, 3.63) is 71.4 Å². The highest BCUT2D eigenvalue weighted by atomic mass is 16.5. The number of methoxy groups -OCH3 is 1. The van der Waals surface area contributed by atoms with Crippen LogP contribution in [0.3, 0.4) is 0 Å². The van der Waals surface area contributed by atoms with Gasteiger partial charge in [-0.3, -0.25) is 9.59 Å². The summed E-state index contributed by atoms with van der Waals surface area (Å²) in [5.74, 6) is -0.271. The Morgan fingerprint density at radius 3 is 2.53 bits per heavy atom. The highest BCUT2D eigenvalue weighted by molar-refractivity contribution is 6.14. The van der Waals surface area contributed by atoms with E-state index in [4.69, 9.17) is 9.15 Å². The Hall–Kier alpha value is -3.32. The molecule has 1 aromatic carbocycles. The van der Waals surface area contributed by atoms with Gasteiger partial charge in [0.15, 0.2) is 11.5 Å². The molecular formula is C25H30N2O5. The first-order valence-corrected chi connectivity index (χ1v) is 10.9. The summed E-state index contributed by atoms with van der Waals surface area (Å²) in [4.78, 5) is 29.9. The van der Waals surface area contributed by atoms with Crippen LogP contribution in [-0.2, 0) is 9.59 Å². The SMILES string of the molecule is CCN(CC)CCCN1C(=O)C(O)=C(C(=O)/C=C/c2ccco2)C1c1ccc(OC)cc1. The van der Waals surface area contributed by atoms with Crippen LogP contribution < -0.4 is 4.74 Å². The monoisotopic (exact) mass is 438 g/mol. The number of aliphatic hydroxyl groups excluding tert-OH is 1. The van der Waals surface area contributed by atoms with Crippen LogP contribution in [0.1, 0.15) is 37.6 Å². The van der Waals surface area contributed by atoms with Crippen LogP contribution in [0.15, 0.2) is 64.5 Å². The summed E-state index contributed by atoms with van der Waals surface area (Å²) in [6, 6.07) is 9.97. The molecule has 0 radical (unpaired) electrons. The Morgan fingerprint density at radius 2 is 1.94 bits per heavy atom. The molecule has 7 heteroatoms. The fraction of sp³-hybridized carbons (Fsp3) is 0.360. The number of ketones is 1. The second-order valence-electron chi connectivity index (χ2n) is 7.53. The number of aliphatic hydroxyl groups is 1. The molecule has 1 amide bonds. The smallest absolute Gasteiger partial charge is 0.290 e. The van der Waals surface area contributed by atoms with Crippen LogP contribution in [0.4, 0.5) is 0 Å². The molecule has 2 aromatic rings. The van der Waals surface area contributed by atoms with Gasteiger partial charge in [-0.25, -0.2) is 0 Å². The minimum absolute atomic E-state index is 0.0748. The second-order valence-corrected chi connectivity index (χ2v) is 7.53. The molecule has 7 nitrogen and oxygen atoms in total. The van der Waals surface area contributed by atoms with Gasteiger partial charge >= 0.3 is 0 Å². The quantitative estimate of drug-likeness (QED) is 0.534. The third kappa shape index (κ3) is 5.11. The van der Waals surface area contributed by atoms with Gasteiger partial charge in [0.1, 0.15) is 11.5 Å². The summed E-state index contributed by atoms with van der Waals surface area (Å²) in [6.45, 7) is 7.30. The van der Waals surface area contributed by atoms with E-state index in [2.05, 4.69) is 18.7 Å². The first-order valence-electron chi connectivity index (χ1n) is 10.9. The molecule has 1 atom stereocenters. The Labute approximate surface area is 188 Å². The number of hydrogen-bond acceptors (Lipinski definition) is 6. The largest absolute Gasteiger partial charge is 0.503 e. The molecule has 1 aliphatic rings. The molecule has 0 saturated carbocycles. The van der Waals surface area contributed by atoms with Crippen LogP contribution in [0.5, 0.6) is 5.75 Å². The van der Waals surface area contributed by atoms with E-state index in [0.29, 0.717) is 18.1 Å². The van der Waals surface area contributed by atoms with Crippen molar-refractivity contribution < 1.29 is 23.8 Å². The predicted octanol–water partition coefficient (Wildman–Crippen LogP) is 4.00. The Bertz CT molecular complexity index is 972. The van der Waals surface area contributed by atoms with Gasteiger partial charge in [-0.15, -0.1) is 0 Å². The minimum atomic E-state index is -0.668. The van der Waals surface area contributed by atoms with Crippen molar-refractivity contribution in [2.45, 2.75) is 26.3 Å². The van der Waals surface area contributed by atoms with Crippen molar-refractivity contribution >= 4 is 17.8 Å². The maximum Gasteiger partial charge on any atom is 0.290 e. The van der Waals surface area contributed by atoms with Crippen LogP contribution in [0, 0.1) is 0 Å². The molecule has 0 bridgehead atoms. The van der Waals surface area contributed by atoms with Crippen molar-refractivity contribution in [3.8, 4) is 5.75 Å². The van der Waals surface area contributed by atoms with Crippen LogP contribution in [0.2, 0.25) is 0 Å². The molecule has 0 fully saturated rings. The summed E-state index contributed by atoms with van der Waals surface area (Å²) < 4.78 is 10.5. The average Bonchev–Trinajstić information content (AvgIpc) is 3.42. The molecule has 1 unspecified atom stereocenters. The maximum absolute atomic E-state index is 13.1. The summed E-state index contributed by atoms with van der Waals surface area (Å²) in [5.41, 5.74) is 0.812. The van der Waals surface area contributed by atoms with Crippen molar-refractivity contribution in [2.24, 2.45) is 0 Å². The predicted molar refractivity (Wildman–Crippen MR) is 122 cm³/mol. The lowest BCUT2D eigenvalue weighted by atomic mass is 9.95. The van der Waals surface area contributed by atoms with Crippen LogP contribution >= 0.6 is 0 Å². The fourth-order valence-electron chi connectivity index (χ4n) is 3.91. The van der Waals surface area contributed by atoms with E-state index in [0.717, 1.165) is 31.6 Å². The van der Waals surface area contributed by atoms with Crippen molar-refractivity contribution in [2.75, 3.05) is 33.3 Å². The highest BCUT2D eigenvalue weighted by Gasteiger charge is 2.42. The van der Waals surface area contributed by atoms with E-state index in [1.165, 1.54) is 18.4 Å². The van der Waals surface area contributed by atoms with Gasteiger partial charge in [-0.2, -0.15) is 0 Å². The second kappa shape index (κ2) is 10.8. The number of amides is 1. The minimum Gasteiger partial charge on any atom is -0.503 e. The number of ether oxygens (including phenoxy) is 1. The molecule has 0 aliphatic carbocycles. The first-order chi connectivity index (χ1) is 15.5. The lowest BCUT2D eigenvalue weighted by Gasteiger charge is -2.28. The third-order valence-corrected chi connectivity index (χ3v) is 5.71. The molecule has 0 spiro atoms. The lowest BCUT2D eigenvalue weighted by Crippen LogP contribution is -2.34. The van der Waals surface area contributed by atoms with Gasteiger partial charge in [-0.05, 0) is 68.0 Å². The number of hydrogen-bond donors (Lipinski definition) is 1. The molecule has 3 rings (SSSR count). The number of allylic oxidation sites excluding steroid dienone is 1. The van der Waals surface area contributed by atoms with E-state index in [-0.39, 0.29) is 5.57 Å². The molecule has 1 N–H and O–H groups in total. The zero-order chi connectivity index (χ0) is 23.1. The number of rotatable bonds is 11. The number of carbonyl (C=O) groups is 2. The molecule has 170 valence electrons. The summed E-state index contributed by atoms with van der Waals surface area (Å²) in [5, 5.41) is 10.7. The molecular weight excluding hydrogens is 408 g/mol. The normalized spacial score (nSPS) is 16.6. The number of furan rings is 1. The molecule has 32 heavy (non-hydrogen) atoms. The van der Waals surface area contributed by atoms with E-state index in [1.54, 1.807) is 36.3 Å². The van der Waals surface area contributed by atoms with Crippen LogP contribution in [-0.4, -0.2) is 59.9 Å². The van der Waals surface area contributed by atoms with Crippen molar-refractivity contribution in [3.63, 3.8) is 0 Å². The molecule has 1 aromatic heterocycles. The maximum atomic E-state index is 13.1. The summed E-state index contributed by atoms with van der Waals surface area (Å²) >= 11 is 0. The zero-order valence-corrected chi connectivity index (χ0v) is 18.8. The topological polar surface area (TPSA) is 83.2 Å². The first kappa shape index (κ1) is 23.3. The van der Waals surface area contributed by atoms with Crippen molar-refractivity contribution in [1.29, 1.82) is 0 Å².